The second-order valence-electron chi connectivity index (χ2n) is 4.25. The number of sulfonamides is 1. The van der Waals surface area contributed by atoms with Gasteiger partial charge < -0.3 is 9.47 Å². The minimum absolute atomic E-state index is 0.201. The van der Waals surface area contributed by atoms with Gasteiger partial charge in [0.1, 0.15) is 10.7 Å². The van der Waals surface area contributed by atoms with E-state index in [-0.39, 0.29) is 15.6 Å². The van der Waals surface area contributed by atoms with Gasteiger partial charge in [0.05, 0.1) is 24.9 Å². The molecule has 0 atom stereocenters. The molecule has 0 aromatic heterocycles. The Morgan fingerprint density at radius 1 is 1.05 bits per heavy atom. The molecule has 2 rings (SSSR count). The standard InChI is InChI=1S/C14H13ClFNO4S/c1-20-12-5-4-10(8-13(12)21-2)17-22(18,19)14-6-3-9(16)7-11(14)15/h3-8,17H,1-2H3. The summed E-state index contributed by atoms with van der Waals surface area (Å²) >= 11 is 5.78. The quantitative estimate of drug-likeness (QED) is 0.903. The van der Waals surface area contributed by atoms with Gasteiger partial charge in [-0.1, -0.05) is 11.6 Å². The van der Waals surface area contributed by atoms with E-state index in [0.29, 0.717) is 11.5 Å². The van der Waals surface area contributed by atoms with Crippen molar-refractivity contribution in [3.8, 4) is 11.5 Å². The maximum atomic E-state index is 13.0. The second kappa shape index (κ2) is 6.41. The van der Waals surface area contributed by atoms with Gasteiger partial charge in [-0.25, -0.2) is 12.8 Å². The predicted octanol–water partition coefficient (Wildman–Crippen LogP) is 3.30. The Bertz CT molecular complexity index is 795. The zero-order valence-electron chi connectivity index (χ0n) is 11.8. The van der Waals surface area contributed by atoms with Crippen LogP contribution in [0.3, 0.4) is 0 Å². The molecule has 0 aliphatic carbocycles. The molecule has 2 aromatic rings. The van der Waals surface area contributed by atoms with E-state index in [4.69, 9.17) is 21.1 Å². The lowest BCUT2D eigenvalue weighted by atomic mass is 10.3. The summed E-state index contributed by atoms with van der Waals surface area (Å²) in [4.78, 5) is -0.217. The van der Waals surface area contributed by atoms with E-state index in [1.54, 1.807) is 6.07 Å². The smallest absolute Gasteiger partial charge is 0.263 e. The zero-order valence-corrected chi connectivity index (χ0v) is 13.3. The van der Waals surface area contributed by atoms with Crippen molar-refractivity contribution in [2.45, 2.75) is 4.90 Å². The molecular weight excluding hydrogens is 333 g/mol. The summed E-state index contributed by atoms with van der Waals surface area (Å²) in [5.41, 5.74) is 0.262. The van der Waals surface area contributed by atoms with Gasteiger partial charge in [-0.15, -0.1) is 0 Å². The molecule has 2 aromatic carbocycles. The van der Waals surface area contributed by atoms with Crippen LogP contribution >= 0.6 is 11.6 Å². The molecule has 118 valence electrons. The predicted molar refractivity (Wildman–Crippen MR) is 81.8 cm³/mol. The lowest BCUT2D eigenvalue weighted by molar-refractivity contribution is 0.355. The summed E-state index contributed by atoms with van der Waals surface area (Å²) in [6, 6.07) is 7.59. The Morgan fingerprint density at radius 3 is 2.32 bits per heavy atom. The normalized spacial score (nSPS) is 11.1. The van der Waals surface area contributed by atoms with Gasteiger partial charge in [0.2, 0.25) is 0 Å². The molecule has 0 aliphatic heterocycles. The molecule has 22 heavy (non-hydrogen) atoms. The molecule has 0 fully saturated rings. The van der Waals surface area contributed by atoms with Gasteiger partial charge in [0, 0.05) is 6.07 Å². The van der Waals surface area contributed by atoms with Crippen LogP contribution in [0.15, 0.2) is 41.3 Å². The summed E-state index contributed by atoms with van der Waals surface area (Å²) in [5, 5.41) is -0.201. The van der Waals surface area contributed by atoms with E-state index in [0.717, 1.165) is 18.2 Å². The number of hydrogen-bond acceptors (Lipinski definition) is 4. The Kier molecular flexibility index (Phi) is 4.77. The lowest BCUT2D eigenvalue weighted by Crippen LogP contribution is -2.13. The van der Waals surface area contributed by atoms with Crippen LogP contribution in [0.1, 0.15) is 0 Å². The van der Waals surface area contributed by atoms with E-state index in [1.165, 1.54) is 26.4 Å². The number of hydrogen-bond donors (Lipinski definition) is 1. The number of benzene rings is 2. The van der Waals surface area contributed by atoms with Crippen molar-refractivity contribution in [1.82, 2.24) is 0 Å². The summed E-state index contributed by atoms with van der Waals surface area (Å²) in [5.74, 6) is 0.216. The molecular formula is C14H13ClFNO4S. The van der Waals surface area contributed by atoms with Gasteiger partial charge in [0.15, 0.2) is 11.5 Å². The Balaban J connectivity index is 2.36. The average Bonchev–Trinajstić information content (AvgIpc) is 2.46. The van der Waals surface area contributed by atoms with Gasteiger partial charge in [-0.05, 0) is 30.3 Å². The minimum Gasteiger partial charge on any atom is -0.493 e. The minimum atomic E-state index is -3.95. The third-order valence-electron chi connectivity index (χ3n) is 2.82. The second-order valence-corrected chi connectivity index (χ2v) is 6.31. The Morgan fingerprint density at radius 2 is 1.73 bits per heavy atom. The average molecular weight is 346 g/mol. The van der Waals surface area contributed by atoms with Crippen LogP contribution in [0.4, 0.5) is 10.1 Å². The molecule has 0 radical (unpaired) electrons. The third kappa shape index (κ3) is 3.42. The first-order chi connectivity index (χ1) is 10.4. The van der Waals surface area contributed by atoms with Crippen LogP contribution in [0.2, 0.25) is 5.02 Å². The monoisotopic (exact) mass is 345 g/mol. The number of ether oxygens (including phenoxy) is 2. The molecule has 0 spiro atoms. The maximum absolute atomic E-state index is 13.0. The van der Waals surface area contributed by atoms with Crippen molar-refractivity contribution < 1.29 is 22.3 Å². The summed E-state index contributed by atoms with van der Waals surface area (Å²) in [7, 11) is -1.04. The molecule has 5 nitrogen and oxygen atoms in total. The summed E-state index contributed by atoms with van der Waals surface area (Å²) in [6.45, 7) is 0. The Labute approximate surface area is 132 Å². The molecule has 0 saturated heterocycles. The van der Waals surface area contributed by atoms with Crippen molar-refractivity contribution >= 4 is 27.3 Å². The van der Waals surface area contributed by atoms with E-state index in [1.807, 2.05) is 0 Å². The fourth-order valence-corrected chi connectivity index (χ4v) is 3.38. The molecule has 0 heterocycles. The van der Waals surface area contributed by atoms with Gasteiger partial charge in [-0.2, -0.15) is 0 Å². The highest BCUT2D eigenvalue weighted by Gasteiger charge is 2.19. The molecule has 0 amide bonds. The molecule has 1 N–H and O–H groups in total. The van der Waals surface area contributed by atoms with Crippen molar-refractivity contribution in [2.24, 2.45) is 0 Å². The van der Waals surface area contributed by atoms with E-state index in [2.05, 4.69) is 4.72 Å². The van der Waals surface area contributed by atoms with Crippen molar-refractivity contribution in [3.63, 3.8) is 0 Å². The Hall–Kier alpha value is -1.99. The molecule has 0 aliphatic rings. The van der Waals surface area contributed by atoms with Crippen LogP contribution in [0.25, 0.3) is 0 Å². The van der Waals surface area contributed by atoms with Crippen molar-refractivity contribution in [1.29, 1.82) is 0 Å². The van der Waals surface area contributed by atoms with Crippen LogP contribution in [-0.4, -0.2) is 22.6 Å². The number of nitrogens with one attached hydrogen (secondary N) is 1. The van der Waals surface area contributed by atoms with Crippen LogP contribution in [-0.2, 0) is 10.0 Å². The number of halogens is 2. The fourth-order valence-electron chi connectivity index (χ4n) is 1.80. The van der Waals surface area contributed by atoms with E-state index < -0.39 is 15.8 Å². The molecule has 0 bridgehead atoms. The number of anilines is 1. The van der Waals surface area contributed by atoms with Crippen molar-refractivity contribution in [3.05, 3.63) is 47.2 Å². The highest BCUT2D eigenvalue weighted by atomic mass is 35.5. The summed E-state index contributed by atoms with van der Waals surface area (Å²) in [6.07, 6.45) is 0. The summed E-state index contributed by atoms with van der Waals surface area (Å²) < 4.78 is 50.1. The first-order valence-corrected chi connectivity index (χ1v) is 7.93. The van der Waals surface area contributed by atoms with E-state index in [9.17, 15) is 12.8 Å². The molecule has 0 saturated carbocycles. The molecule has 8 heteroatoms. The van der Waals surface area contributed by atoms with Gasteiger partial charge >= 0.3 is 0 Å². The highest BCUT2D eigenvalue weighted by Crippen LogP contribution is 2.31. The maximum Gasteiger partial charge on any atom is 0.263 e. The topological polar surface area (TPSA) is 64.6 Å². The van der Waals surface area contributed by atoms with Gasteiger partial charge in [-0.3, -0.25) is 4.72 Å². The third-order valence-corrected chi connectivity index (χ3v) is 4.68. The van der Waals surface area contributed by atoms with Crippen molar-refractivity contribution in [2.75, 3.05) is 18.9 Å². The number of methoxy groups -OCH3 is 2. The van der Waals surface area contributed by atoms with Crippen LogP contribution in [0, 0.1) is 5.82 Å². The largest absolute Gasteiger partial charge is 0.493 e. The first kappa shape index (κ1) is 16.4. The lowest BCUT2D eigenvalue weighted by Gasteiger charge is -2.12. The van der Waals surface area contributed by atoms with E-state index >= 15 is 0 Å². The van der Waals surface area contributed by atoms with Crippen LogP contribution < -0.4 is 14.2 Å². The van der Waals surface area contributed by atoms with Crippen LogP contribution in [0.5, 0.6) is 11.5 Å². The fraction of sp³-hybridized carbons (Fsp3) is 0.143. The first-order valence-electron chi connectivity index (χ1n) is 6.07. The highest BCUT2D eigenvalue weighted by molar-refractivity contribution is 7.92. The van der Waals surface area contributed by atoms with Gasteiger partial charge in [0.25, 0.3) is 10.0 Å². The SMILES string of the molecule is COc1ccc(NS(=O)(=O)c2ccc(F)cc2Cl)cc1OC. The molecule has 0 unspecified atom stereocenters. The number of rotatable bonds is 5. The zero-order chi connectivity index (χ0) is 16.3.